The molecule has 1 aromatic carbocycles. The highest BCUT2D eigenvalue weighted by molar-refractivity contribution is 5.95. The van der Waals surface area contributed by atoms with E-state index in [0.29, 0.717) is 24.4 Å². The summed E-state index contributed by atoms with van der Waals surface area (Å²) in [5.41, 5.74) is 3.16. The Balaban J connectivity index is 1.93. The Bertz CT molecular complexity index is 754. The smallest absolute Gasteiger partial charge is 0.338 e. The van der Waals surface area contributed by atoms with E-state index in [9.17, 15) is 9.59 Å². The van der Waals surface area contributed by atoms with Crippen LogP contribution in [0.2, 0.25) is 0 Å². The van der Waals surface area contributed by atoms with Crippen LogP contribution in [0.3, 0.4) is 0 Å². The molecule has 3 rings (SSSR count). The number of benzene rings is 1. The summed E-state index contributed by atoms with van der Waals surface area (Å²) >= 11 is 0. The fourth-order valence-electron chi connectivity index (χ4n) is 4.09. The molecule has 0 unspecified atom stereocenters. The van der Waals surface area contributed by atoms with Crippen molar-refractivity contribution in [3.63, 3.8) is 0 Å². The van der Waals surface area contributed by atoms with Gasteiger partial charge in [0.1, 0.15) is 32.7 Å². The molecule has 2 amide bonds. The number of ether oxygens (including phenoxy) is 1. The van der Waals surface area contributed by atoms with E-state index in [0.717, 1.165) is 43.9 Å². The normalized spacial score (nSPS) is 25.1. The maximum atomic E-state index is 12.9. The molecule has 4 N–H and O–H groups in total. The Morgan fingerprint density at radius 3 is 2.46 bits per heavy atom. The number of likely N-dealkylation sites (N-methyl/N-ethyl adjacent to an activating group) is 1. The van der Waals surface area contributed by atoms with E-state index in [-0.39, 0.29) is 12.0 Å². The molecule has 0 spiro atoms. The second kappa shape index (κ2) is 9.21. The number of carbonyl (C=O) groups is 2. The number of urea groups is 1. The lowest BCUT2D eigenvalue weighted by molar-refractivity contribution is -1.01. The molecule has 2 aliphatic rings. The zero-order chi connectivity index (χ0) is 20.1. The van der Waals surface area contributed by atoms with Crippen LogP contribution in [0.5, 0.6) is 0 Å². The number of quaternary nitrogens is 2. The summed E-state index contributed by atoms with van der Waals surface area (Å²) in [6, 6.07) is 7.06. The van der Waals surface area contributed by atoms with Gasteiger partial charge in [0.15, 0.2) is 0 Å². The summed E-state index contributed by atoms with van der Waals surface area (Å²) in [6.07, 6.45) is 0. The van der Waals surface area contributed by atoms with Crippen molar-refractivity contribution in [3.05, 3.63) is 46.7 Å². The van der Waals surface area contributed by atoms with Gasteiger partial charge < -0.3 is 25.2 Å². The zero-order valence-corrected chi connectivity index (χ0v) is 17.1. The Labute approximate surface area is 166 Å². The highest BCUT2D eigenvalue weighted by Gasteiger charge is 2.36. The van der Waals surface area contributed by atoms with Gasteiger partial charge in [-0.05, 0) is 31.9 Å². The van der Waals surface area contributed by atoms with Gasteiger partial charge in [0.2, 0.25) is 0 Å². The lowest BCUT2D eigenvalue weighted by Gasteiger charge is -2.33. The number of hydrogen-bond acceptors (Lipinski definition) is 3. The summed E-state index contributed by atoms with van der Waals surface area (Å²) < 4.78 is 5.36. The van der Waals surface area contributed by atoms with Crippen molar-refractivity contribution in [2.75, 3.05) is 45.9 Å². The molecule has 2 heterocycles. The Morgan fingerprint density at radius 2 is 1.82 bits per heavy atom. The highest BCUT2D eigenvalue weighted by Crippen LogP contribution is 2.29. The van der Waals surface area contributed by atoms with Gasteiger partial charge in [-0.1, -0.05) is 24.3 Å². The van der Waals surface area contributed by atoms with Gasteiger partial charge in [0.25, 0.3) is 0 Å². The Kier molecular flexibility index (Phi) is 6.70. The van der Waals surface area contributed by atoms with E-state index in [4.69, 9.17) is 4.74 Å². The summed E-state index contributed by atoms with van der Waals surface area (Å²) in [4.78, 5) is 28.3. The maximum Gasteiger partial charge on any atom is 0.338 e. The molecule has 0 radical (unpaired) electrons. The van der Waals surface area contributed by atoms with Crippen LogP contribution in [0.25, 0.3) is 0 Å². The number of nitrogens with one attached hydrogen (secondary N) is 4. The lowest BCUT2D eigenvalue weighted by Crippen LogP contribution is -3.28. The van der Waals surface area contributed by atoms with Crippen molar-refractivity contribution in [1.29, 1.82) is 0 Å². The molecule has 2 aliphatic heterocycles. The monoisotopic (exact) mass is 388 g/mol. The second-order valence-corrected chi connectivity index (χ2v) is 7.53. The number of amides is 2. The molecule has 1 saturated heterocycles. The minimum absolute atomic E-state index is 0.270. The maximum absolute atomic E-state index is 12.9. The van der Waals surface area contributed by atoms with E-state index in [2.05, 4.69) is 17.6 Å². The average molecular weight is 389 g/mol. The molecular formula is C21H32N4O3+2. The predicted molar refractivity (Wildman–Crippen MR) is 106 cm³/mol. The van der Waals surface area contributed by atoms with Crippen LogP contribution >= 0.6 is 0 Å². The van der Waals surface area contributed by atoms with Crippen molar-refractivity contribution >= 4 is 12.0 Å². The molecule has 1 aromatic rings. The average Bonchev–Trinajstić information content (AvgIpc) is 2.68. The zero-order valence-electron chi connectivity index (χ0n) is 17.1. The van der Waals surface area contributed by atoms with Gasteiger partial charge in [-0.3, -0.25) is 0 Å². The first-order valence-electron chi connectivity index (χ1n) is 10.2. The van der Waals surface area contributed by atoms with E-state index in [1.807, 2.05) is 31.2 Å². The first-order valence-corrected chi connectivity index (χ1v) is 10.2. The molecule has 28 heavy (non-hydrogen) atoms. The van der Waals surface area contributed by atoms with Crippen LogP contribution in [0.4, 0.5) is 4.79 Å². The van der Waals surface area contributed by atoms with Crippen LogP contribution < -0.4 is 20.4 Å². The fourth-order valence-corrected chi connectivity index (χ4v) is 4.09. The molecule has 1 fully saturated rings. The van der Waals surface area contributed by atoms with E-state index in [1.165, 1.54) is 4.90 Å². The number of esters is 1. The van der Waals surface area contributed by atoms with E-state index in [1.54, 1.807) is 11.8 Å². The molecular weight excluding hydrogens is 356 g/mol. The van der Waals surface area contributed by atoms with Crippen molar-refractivity contribution < 1.29 is 24.1 Å². The molecule has 7 heteroatoms. The quantitative estimate of drug-likeness (QED) is 0.471. The van der Waals surface area contributed by atoms with Crippen LogP contribution in [-0.2, 0) is 9.53 Å². The number of carbonyl (C=O) groups excluding carboxylic acids is 2. The molecule has 1 atom stereocenters. The number of piperazine rings is 1. The molecule has 0 bridgehead atoms. The molecule has 0 saturated carbocycles. The number of aryl methyl sites for hydroxylation is 1. The summed E-state index contributed by atoms with van der Waals surface area (Å²) in [6.45, 7) is 12.3. The topological polar surface area (TPSA) is 76.3 Å². The molecule has 152 valence electrons. The Morgan fingerprint density at radius 1 is 1.14 bits per heavy atom. The van der Waals surface area contributed by atoms with Gasteiger partial charge >= 0.3 is 12.0 Å². The van der Waals surface area contributed by atoms with Crippen LogP contribution in [0.15, 0.2) is 35.5 Å². The standard InChI is InChI=1S/C21H30N4O3/c1-4-24-10-12-25(13-11-24)14-17-18(20(26)28-5-2)19(23-21(27)22-17)16-9-7-6-8-15(16)3/h6-9,19H,4-5,10-14H2,1-3H3,(H2,22,23,27)/p+2/t19-/m1/s1. The summed E-state index contributed by atoms with van der Waals surface area (Å²) in [7, 11) is 0. The van der Waals surface area contributed by atoms with Gasteiger partial charge in [0.05, 0.1) is 30.5 Å². The SMILES string of the molecule is CCOC(=O)C1=C(C[NH+]2CC[NH+](CC)CC2)NC(=O)N[C@@H]1c1ccccc1C. The molecule has 7 nitrogen and oxygen atoms in total. The fraction of sp³-hybridized carbons (Fsp3) is 0.524. The summed E-state index contributed by atoms with van der Waals surface area (Å²) in [5, 5.41) is 5.82. The predicted octanol–water partition coefficient (Wildman–Crippen LogP) is -1.03. The van der Waals surface area contributed by atoms with Crippen molar-refractivity contribution in [2.24, 2.45) is 0 Å². The van der Waals surface area contributed by atoms with Crippen molar-refractivity contribution in [3.8, 4) is 0 Å². The first kappa shape index (κ1) is 20.4. The van der Waals surface area contributed by atoms with E-state index < -0.39 is 6.04 Å². The third kappa shape index (κ3) is 4.54. The molecule has 0 aliphatic carbocycles. The Hall–Kier alpha value is -2.38. The van der Waals surface area contributed by atoms with Crippen LogP contribution in [-0.4, -0.2) is 57.9 Å². The minimum Gasteiger partial charge on any atom is -0.463 e. The van der Waals surface area contributed by atoms with Crippen molar-refractivity contribution in [1.82, 2.24) is 10.6 Å². The first-order chi connectivity index (χ1) is 13.5. The second-order valence-electron chi connectivity index (χ2n) is 7.53. The van der Waals surface area contributed by atoms with Crippen LogP contribution in [0, 0.1) is 6.92 Å². The van der Waals surface area contributed by atoms with Crippen molar-refractivity contribution in [2.45, 2.75) is 26.8 Å². The number of rotatable bonds is 6. The van der Waals surface area contributed by atoms with Gasteiger partial charge in [-0.2, -0.15) is 0 Å². The highest BCUT2D eigenvalue weighted by atomic mass is 16.5. The van der Waals surface area contributed by atoms with Gasteiger partial charge in [-0.25, -0.2) is 9.59 Å². The minimum atomic E-state index is -0.494. The lowest BCUT2D eigenvalue weighted by atomic mass is 9.92. The van der Waals surface area contributed by atoms with Gasteiger partial charge in [0, 0.05) is 0 Å². The largest absolute Gasteiger partial charge is 0.463 e. The van der Waals surface area contributed by atoms with Gasteiger partial charge in [-0.15, -0.1) is 0 Å². The van der Waals surface area contributed by atoms with Crippen LogP contribution in [0.1, 0.15) is 31.0 Å². The summed E-state index contributed by atoms with van der Waals surface area (Å²) in [5.74, 6) is -0.365. The number of hydrogen-bond donors (Lipinski definition) is 4. The molecule has 0 aromatic heterocycles. The third-order valence-corrected chi connectivity index (χ3v) is 5.74. The third-order valence-electron chi connectivity index (χ3n) is 5.74. The van der Waals surface area contributed by atoms with E-state index >= 15 is 0 Å².